The summed E-state index contributed by atoms with van der Waals surface area (Å²) in [6, 6.07) is 8.64. The van der Waals surface area contributed by atoms with Crippen molar-refractivity contribution in [3.05, 3.63) is 81.9 Å². The molecule has 2 aromatic carbocycles. The first kappa shape index (κ1) is 34.2. The van der Waals surface area contributed by atoms with Gasteiger partial charge in [-0.15, -0.1) is 0 Å². The molecule has 2 aliphatic carbocycles. The number of rotatable bonds is 16. The molecular weight excluding hydrogens is 632 g/mol. The molecule has 0 heterocycles. The van der Waals surface area contributed by atoms with E-state index in [-0.39, 0.29) is 96.3 Å². The minimum atomic E-state index is -4.16. The van der Waals surface area contributed by atoms with Crippen molar-refractivity contribution in [3.63, 3.8) is 0 Å². The van der Waals surface area contributed by atoms with E-state index >= 15 is 0 Å². The molecule has 0 aliphatic heterocycles. The molecule has 0 fully saturated rings. The lowest BCUT2D eigenvalue weighted by atomic mass is 9.93. The smallest absolute Gasteiger partial charge is 0.324 e. The van der Waals surface area contributed by atoms with Crippen molar-refractivity contribution < 1.29 is 59.2 Å². The summed E-state index contributed by atoms with van der Waals surface area (Å²) in [5.74, 6) is 0. The van der Waals surface area contributed by atoms with Crippen molar-refractivity contribution in [2.75, 3.05) is 52.9 Å². The summed E-state index contributed by atoms with van der Waals surface area (Å²) < 4.78 is 76.9. The molecular formula is C28H30N4O11S2. The summed E-state index contributed by atoms with van der Waals surface area (Å²) in [5.41, 5.74) is 18.9. The number of aliphatic hydroxyl groups excluding tert-OH is 2. The van der Waals surface area contributed by atoms with Crippen LogP contribution in [0, 0.1) is 0 Å². The topological polar surface area (TPSA) is 228 Å². The second-order valence-electron chi connectivity index (χ2n) is 9.43. The van der Waals surface area contributed by atoms with Crippen molar-refractivity contribution in [2.45, 2.75) is 22.0 Å². The van der Waals surface area contributed by atoms with Crippen LogP contribution in [0.3, 0.4) is 0 Å². The number of fused-ring (bicyclic) bond motifs is 2. The zero-order valence-corrected chi connectivity index (χ0v) is 25.4. The SMILES string of the molecule is [N-]=[N+]=C1C=Cc2c(cccc2S(=O)(=O)OCCOCCOCCOCCOS(=O)(=O)c2cccc3c2C=CC(=[N+]=[N-])C3O)C1O. The Labute approximate surface area is 259 Å². The van der Waals surface area contributed by atoms with Crippen LogP contribution < -0.4 is 0 Å². The first-order valence-corrected chi connectivity index (χ1v) is 16.4. The molecule has 45 heavy (non-hydrogen) atoms. The van der Waals surface area contributed by atoms with Crippen molar-refractivity contribution in [1.29, 1.82) is 0 Å². The molecule has 4 rings (SSSR count). The van der Waals surface area contributed by atoms with Crippen LogP contribution in [0.15, 0.2) is 58.3 Å². The molecule has 2 unspecified atom stereocenters. The van der Waals surface area contributed by atoms with Crippen molar-refractivity contribution in [3.8, 4) is 0 Å². The average molecular weight is 663 g/mol. The van der Waals surface area contributed by atoms with E-state index in [0.29, 0.717) is 0 Å². The third kappa shape index (κ3) is 8.32. The molecule has 0 amide bonds. The van der Waals surface area contributed by atoms with Crippen LogP contribution in [0.1, 0.15) is 34.5 Å². The molecule has 240 valence electrons. The molecule has 2 aliphatic rings. The van der Waals surface area contributed by atoms with Crippen LogP contribution in [0.4, 0.5) is 0 Å². The molecule has 2 atom stereocenters. The van der Waals surface area contributed by atoms with E-state index < -0.39 is 32.4 Å². The van der Waals surface area contributed by atoms with Gasteiger partial charge in [0.05, 0.1) is 52.9 Å². The van der Waals surface area contributed by atoms with Gasteiger partial charge in [0.1, 0.15) is 9.79 Å². The van der Waals surface area contributed by atoms with Gasteiger partial charge in [0.25, 0.3) is 20.2 Å². The first-order chi connectivity index (χ1) is 21.6. The van der Waals surface area contributed by atoms with Gasteiger partial charge in [-0.2, -0.15) is 26.4 Å². The molecule has 0 saturated heterocycles. The van der Waals surface area contributed by atoms with Gasteiger partial charge in [-0.1, -0.05) is 24.3 Å². The minimum absolute atomic E-state index is 0.0156. The largest absolute Gasteiger partial charge is 0.377 e. The molecule has 0 spiro atoms. The Balaban J connectivity index is 1.08. The second-order valence-corrected chi connectivity index (χ2v) is 12.6. The van der Waals surface area contributed by atoms with Gasteiger partial charge < -0.3 is 35.5 Å². The number of nitrogens with zero attached hydrogens (tertiary/aromatic N) is 4. The van der Waals surface area contributed by atoms with Gasteiger partial charge in [-0.3, -0.25) is 8.37 Å². The lowest BCUT2D eigenvalue weighted by Crippen LogP contribution is -2.19. The van der Waals surface area contributed by atoms with E-state index in [1.807, 2.05) is 0 Å². The molecule has 2 aromatic rings. The van der Waals surface area contributed by atoms with Gasteiger partial charge in [-0.05, 0) is 24.3 Å². The zero-order chi connectivity index (χ0) is 32.5. The Morgan fingerprint density at radius 3 is 1.29 bits per heavy atom. The molecule has 2 N–H and O–H groups in total. The highest BCUT2D eigenvalue weighted by atomic mass is 32.2. The van der Waals surface area contributed by atoms with Crippen LogP contribution in [0.5, 0.6) is 0 Å². The maximum absolute atomic E-state index is 12.7. The van der Waals surface area contributed by atoms with Crippen LogP contribution in [-0.4, -0.2) is 101 Å². The highest BCUT2D eigenvalue weighted by Crippen LogP contribution is 2.32. The van der Waals surface area contributed by atoms with Gasteiger partial charge in [0.2, 0.25) is 0 Å². The Morgan fingerprint density at radius 2 is 0.933 bits per heavy atom. The number of aliphatic hydroxyl groups is 2. The second kappa shape index (κ2) is 15.5. The fraction of sp³-hybridized carbons (Fsp3) is 0.357. The summed E-state index contributed by atoms with van der Waals surface area (Å²) in [7, 11) is -8.33. The fourth-order valence-corrected chi connectivity index (χ4v) is 6.71. The van der Waals surface area contributed by atoms with Gasteiger partial charge in [0, 0.05) is 34.4 Å². The Kier molecular flexibility index (Phi) is 11.8. The Hall–Kier alpha value is -3.70. The fourth-order valence-electron chi connectivity index (χ4n) is 4.48. The monoisotopic (exact) mass is 662 g/mol. The van der Waals surface area contributed by atoms with E-state index in [1.54, 1.807) is 0 Å². The highest BCUT2D eigenvalue weighted by molar-refractivity contribution is 7.87. The van der Waals surface area contributed by atoms with Gasteiger partial charge >= 0.3 is 11.4 Å². The lowest BCUT2D eigenvalue weighted by Gasteiger charge is -2.17. The highest BCUT2D eigenvalue weighted by Gasteiger charge is 2.32. The van der Waals surface area contributed by atoms with Crippen molar-refractivity contribution in [2.24, 2.45) is 0 Å². The maximum Gasteiger partial charge on any atom is 0.324 e. The van der Waals surface area contributed by atoms with E-state index in [2.05, 4.69) is 9.58 Å². The predicted octanol–water partition coefficient (Wildman–Crippen LogP) is 1.31. The van der Waals surface area contributed by atoms with Crippen molar-refractivity contribution >= 4 is 43.8 Å². The minimum Gasteiger partial charge on any atom is -0.377 e. The Bertz CT molecular complexity index is 1650. The van der Waals surface area contributed by atoms with Gasteiger partial charge in [0.15, 0.2) is 12.2 Å². The molecule has 17 heteroatoms. The summed E-state index contributed by atoms with van der Waals surface area (Å²) in [5, 5.41) is 20.5. The number of hydrogen-bond acceptors (Lipinski definition) is 11. The number of ether oxygens (including phenoxy) is 3. The molecule has 0 saturated carbocycles. The first-order valence-electron chi connectivity index (χ1n) is 13.5. The van der Waals surface area contributed by atoms with Crippen LogP contribution in [0.25, 0.3) is 23.2 Å². The average Bonchev–Trinajstić information content (AvgIpc) is 3.03. The lowest BCUT2D eigenvalue weighted by molar-refractivity contribution is -0.0191. The standard InChI is InChI=1S/C28H30N4O11S2/c29-31-23-9-7-19-21(27(23)33)3-1-5-25(19)44(35,36)42-17-15-40-13-11-39-12-14-41-16-18-43-45(37,38)26-6-2-4-22-20(26)8-10-24(32-30)28(22)34/h1-10,27-28,33-34H,11-18H2. The zero-order valence-electron chi connectivity index (χ0n) is 23.8. The molecule has 0 aromatic heterocycles. The summed E-state index contributed by atoms with van der Waals surface area (Å²) in [6.45, 7) is 0.102. The number of hydrogen-bond donors (Lipinski definition) is 2. The van der Waals surface area contributed by atoms with Crippen LogP contribution >= 0.6 is 0 Å². The maximum atomic E-state index is 12.7. The molecule has 15 nitrogen and oxygen atoms in total. The molecule has 0 bridgehead atoms. The van der Waals surface area contributed by atoms with E-state index in [0.717, 1.165) is 0 Å². The van der Waals surface area contributed by atoms with E-state index in [9.17, 15) is 27.0 Å². The summed E-state index contributed by atoms with van der Waals surface area (Å²) in [4.78, 5) is 5.71. The van der Waals surface area contributed by atoms with Crippen LogP contribution in [-0.2, 0) is 42.8 Å². The summed E-state index contributed by atoms with van der Waals surface area (Å²) >= 11 is 0. The predicted molar refractivity (Wildman–Crippen MR) is 157 cm³/mol. The van der Waals surface area contributed by atoms with E-state index in [1.165, 1.54) is 60.7 Å². The normalized spacial score (nSPS) is 17.5. The summed E-state index contributed by atoms with van der Waals surface area (Å²) in [6.07, 6.45) is 2.92. The third-order valence-electron chi connectivity index (χ3n) is 6.64. The quantitative estimate of drug-likeness (QED) is 0.113. The molecule has 0 radical (unpaired) electrons. The van der Waals surface area contributed by atoms with Gasteiger partial charge in [-0.25, -0.2) is 0 Å². The third-order valence-corrected chi connectivity index (χ3v) is 9.38. The number of benzene rings is 2. The van der Waals surface area contributed by atoms with Crippen molar-refractivity contribution in [1.82, 2.24) is 0 Å². The van der Waals surface area contributed by atoms with E-state index in [4.69, 9.17) is 33.6 Å². The Morgan fingerprint density at radius 1 is 0.578 bits per heavy atom. The van der Waals surface area contributed by atoms with Crippen LogP contribution in [0.2, 0.25) is 0 Å².